The number of nitrogens with zero attached hydrogens (tertiary/aromatic N) is 4. The maximum atomic E-state index is 9.59. The van der Waals surface area contributed by atoms with Crippen molar-refractivity contribution in [1.29, 1.82) is 5.26 Å². The normalized spacial score (nSPS) is 11.7. The molecular formula is C61H36N4. The number of fused-ring (bicyclic) bond motifs is 7. The topological polar surface area (TPSA) is 54.5 Å². The number of hydrogen-bond donors (Lipinski definition) is 0. The van der Waals surface area contributed by atoms with Crippen LogP contribution in [0.15, 0.2) is 218 Å². The lowest BCUT2D eigenvalue weighted by Gasteiger charge is -2.16. The second kappa shape index (κ2) is 14.6. The van der Waals surface area contributed by atoms with Gasteiger partial charge in [-0.2, -0.15) is 5.26 Å². The third-order valence-corrected chi connectivity index (χ3v) is 13.2. The van der Waals surface area contributed by atoms with Crippen LogP contribution in [0.25, 0.3) is 127 Å². The predicted molar refractivity (Wildman–Crippen MR) is 268 cm³/mol. The maximum absolute atomic E-state index is 9.59. The zero-order valence-corrected chi connectivity index (χ0v) is 35.1. The van der Waals surface area contributed by atoms with Crippen molar-refractivity contribution in [2.24, 2.45) is 0 Å². The minimum Gasteiger partial charge on any atom is -0.309 e. The van der Waals surface area contributed by atoms with Crippen molar-refractivity contribution in [2.75, 3.05) is 0 Å². The molecule has 0 N–H and O–H groups in total. The summed E-state index contributed by atoms with van der Waals surface area (Å²) in [5.74, 6) is 0.697. The Morgan fingerprint density at radius 3 is 1.68 bits per heavy atom. The summed E-state index contributed by atoms with van der Waals surface area (Å²) in [6.45, 7) is 0. The Labute approximate surface area is 375 Å². The first kappa shape index (κ1) is 36.7. The van der Waals surface area contributed by atoms with Gasteiger partial charge in [0.2, 0.25) is 0 Å². The van der Waals surface area contributed by atoms with E-state index in [0.717, 1.165) is 55.9 Å². The van der Waals surface area contributed by atoms with Crippen molar-refractivity contribution >= 4 is 43.4 Å². The molecule has 0 amide bonds. The minimum absolute atomic E-state index is 0.643. The molecule has 4 heteroatoms. The Kier molecular flexibility index (Phi) is 8.24. The van der Waals surface area contributed by atoms with E-state index >= 15 is 0 Å². The SMILES string of the molecule is N#Cc1ccc(-n2c3ccccc3c3ccc(-c4ccc5c6c(ccc(-c7ccc(-c8cc(-c9ccc%10ccccc%10c9)nc(-c9ccccc9)n8)cc7)c46)-c4ccccc4-5)cc32)cc1. The monoisotopic (exact) mass is 824 g/mol. The maximum Gasteiger partial charge on any atom is 0.160 e. The molecule has 0 aliphatic heterocycles. The van der Waals surface area contributed by atoms with Crippen LogP contribution in [0.4, 0.5) is 0 Å². The molecule has 4 nitrogen and oxygen atoms in total. The van der Waals surface area contributed by atoms with Gasteiger partial charge in [0.05, 0.1) is 34.1 Å². The molecule has 1 aliphatic carbocycles. The molecular weight excluding hydrogens is 789 g/mol. The van der Waals surface area contributed by atoms with Crippen LogP contribution < -0.4 is 0 Å². The van der Waals surface area contributed by atoms with Crippen molar-refractivity contribution in [3.63, 3.8) is 0 Å². The molecule has 13 rings (SSSR count). The average molecular weight is 825 g/mol. The van der Waals surface area contributed by atoms with Gasteiger partial charge in [0.15, 0.2) is 5.82 Å². The summed E-state index contributed by atoms with van der Waals surface area (Å²) in [6.07, 6.45) is 0. The van der Waals surface area contributed by atoms with Crippen LogP contribution in [0.1, 0.15) is 5.56 Å². The molecule has 65 heavy (non-hydrogen) atoms. The van der Waals surface area contributed by atoms with Gasteiger partial charge in [0.1, 0.15) is 0 Å². The van der Waals surface area contributed by atoms with E-state index in [9.17, 15) is 5.26 Å². The van der Waals surface area contributed by atoms with E-state index in [1.165, 1.54) is 65.7 Å². The quantitative estimate of drug-likeness (QED) is 0.168. The first-order chi connectivity index (χ1) is 32.2. The average Bonchev–Trinajstić information content (AvgIpc) is 3.89. The fourth-order valence-corrected chi connectivity index (χ4v) is 10.1. The molecule has 0 saturated carbocycles. The van der Waals surface area contributed by atoms with Gasteiger partial charge in [0, 0.05) is 33.2 Å². The van der Waals surface area contributed by atoms with Gasteiger partial charge in [-0.25, -0.2) is 9.97 Å². The molecule has 0 bridgehead atoms. The number of nitriles is 1. The fourth-order valence-electron chi connectivity index (χ4n) is 10.1. The Balaban J connectivity index is 0.984. The molecule has 0 radical (unpaired) electrons. The molecule has 0 fully saturated rings. The van der Waals surface area contributed by atoms with Gasteiger partial charge >= 0.3 is 0 Å². The van der Waals surface area contributed by atoms with E-state index in [1.807, 2.05) is 42.5 Å². The van der Waals surface area contributed by atoms with Crippen molar-refractivity contribution < 1.29 is 0 Å². The Hall–Kier alpha value is -8.91. The lowest BCUT2D eigenvalue weighted by atomic mass is 9.88. The number of benzene rings is 10. The number of hydrogen-bond acceptors (Lipinski definition) is 3. The van der Waals surface area contributed by atoms with Crippen LogP contribution in [0, 0.1) is 11.3 Å². The first-order valence-corrected chi connectivity index (χ1v) is 21.9. The Morgan fingerprint density at radius 1 is 0.354 bits per heavy atom. The summed E-state index contributed by atoms with van der Waals surface area (Å²) in [5, 5.41) is 16.9. The first-order valence-electron chi connectivity index (χ1n) is 21.9. The van der Waals surface area contributed by atoms with Crippen LogP contribution in [-0.4, -0.2) is 14.5 Å². The molecule has 12 aromatic rings. The van der Waals surface area contributed by atoms with E-state index in [-0.39, 0.29) is 0 Å². The largest absolute Gasteiger partial charge is 0.309 e. The molecule has 1 aliphatic rings. The van der Waals surface area contributed by atoms with Gasteiger partial charge in [-0.15, -0.1) is 0 Å². The summed E-state index contributed by atoms with van der Waals surface area (Å²) in [4.78, 5) is 10.3. The number of aromatic nitrogens is 3. The third kappa shape index (κ3) is 5.91. The summed E-state index contributed by atoms with van der Waals surface area (Å²) < 4.78 is 2.33. The fraction of sp³-hybridized carbons (Fsp3) is 0. The standard InChI is InChI=1S/C61H36N4/c62-37-38-18-27-46(28-19-38)65-57-17-9-8-16-51(57)52-29-26-44(35-58(52)65)48-31-33-54-50-15-7-6-14-49(50)53-32-30-47(59(48)60(53)54)40-21-23-41(24-22-40)55-36-56(64-61(63-55)42-11-2-1-3-12-42)45-25-20-39-10-4-5-13-43(39)34-45/h1-36H. The van der Waals surface area contributed by atoms with E-state index in [1.54, 1.807) is 0 Å². The zero-order valence-electron chi connectivity index (χ0n) is 35.1. The second-order valence-corrected chi connectivity index (χ2v) is 16.8. The predicted octanol–water partition coefficient (Wildman–Crippen LogP) is 15.7. The molecule has 2 aromatic heterocycles. The summed E-state index contributed by atoms with van der Waals surface area (Å²) >= 11 is 0. The lowest BCUT2D eigenvalue weighted by Crippen LogP contribution is -1.96. The highest BCUT2D eigenvalue weighted by Crippen LogP contribution is 2.52. The summed E-state index contributed by atoms with van der Waals surface area (Å²) in [7, 11) is 0. The molecule has 0 atom stereocenters. The van der Waals surface area contributed by atoms with Gasteiger partial charge in [0.25, 0.3) is 0 Å². The van der Waals surface area contributed by atoms with Crippen molar-refractivity contribution in [3.05, 3.63) is 224 Å². The Morgan fingerprint density at radius 2 is 0.923 bits per heavy atom. The van der Waals surface area contributed by atoms with E-state index in [2.05, 4.69) is 187 Å². The highest BCUT2D eigenvalue weighted by Gasteiger charge is 2.25. The minimum atomic E-state index is 0.643. The van der Waals surface area contributed by atoms with Crippen molar-refractivity contribution in [3.8, 4) is 90.2 Å². The van der Waals surface area contributed by atoms with E-state index in [0.29, 0.717) is 11.4 Å². The molecule has 300 valence electrons. The lowest BCUT2D eigenvalue weighted by molar-refractivity contribution is 1.18. The summed E-state index contributed by atoms with van der Waals surface area (Å²) in [6, 6.07) is 79.9. The number of rotatable bonds is 6. The van der Waals surface area contributed by atoms with Gasteiger partial charge in [-0.3, -0.25) is 0 Å². The van der Waals surface area contributed by atoms with Crippen LogP contribution in [-0.2, 0) is 0 Å². The van der Waals surface area contributed by atoms with Gasteiger partial charge < -0.3 is 4.57 Å². The molecule has 10 aromatic carbocycles. The Bertz CT molecular complexity index is 3900. The zero-order chi connectivity index (χ0) is 43.0. The van der Waals surface area contributed by atoms with Crippen LogP contribution in [0.2, 0.25) is 0 Å². The number of para-hydroxylation sites is 1. The van der Waals surface area contributed by atoms with Crippen molar-refractivity contribution in [1.82, 2.24) is 14.5 Å². The second-order valence-electron chi connectivity index (χ2n) is 16.8. The summed E-state index contributed by atoms with van der Waals surface area (Å²) in [5.41, 5.74) is 18.4. The van der Waals surface area contributed by atoms with Crippen LogP contribution in [0.5, 0.6) is 0 Å². The molecule has 2 heterocycles. The van der Waals surface area contributed by atoms with Gasteiger partial charge in [-0.05, 0) is 115 Å². The highest BCUT2D eigenvalue weighted by atomic mass is 15.0. The molecule has 0 unspecified atom stereocenters. The van der Waals surface area contributed by atoms with Crippen LogP contribution >= 0.6 is 0 Å². The van der Waals surface area contributed by atoms with Crippen LogP contribution in [0.3, 0.4) is 0 Å². The smallest absolute Gasteiger partial charge is 0.160 e. The third-order valence-electron chi connectivity index (χ3n) is 13.2. The molecule has 0 spiro atoms. The highest BCUT2D eigenvalue weighted by molar-refractivity contribution is 6.23. The molecule has 0 saturated heterocycles. The van der Waals surface area contributed by atoms with Gasteiger partial charge in [-0.1, -0.05) is 170 Å². The van der Waals surface area contributed by atoms with Crippen molar-refractivity contribution in [2.45, 2.75) is 0 Å². The van der Waals surface area contributed by atoms with E-state index in [4.69, 9.17) is 9.97 Å². The van der Waals surface area contributed by atoms with E-state index < -0.39 is 0 Å².